The fourth-order valence-corrected chi connectivity index (χ4v) is 2.56. The summed E-state index contributed by atoms with van der Waals surface area (Å²) in [7, 11) is 4.87. The number of allylic oxidation sites excluding steroid dienone is 1. The van der Waals surface area contributed by atoms with Crippen LogP contribution in [0, 0.1) is 11.8 Å². The molecule has 1 aliphatic rings. The highest BCUT2D eigenvalue weighted by Crippen LogP contribution is 2.28. The molecule has 212 valence electrons. The molecule has 7 heteroatoms. The SMILES string of the molecule is C/C=C/COC.CCC(=O)OCOC.CCC1CCC(C)C1=O.CCCCOCC.CCCOC. The largest absolute Gasteiger partial charge is 0.438 e. The van der Waals surface area contributed by atoms with Gasteiger partial charge in [0.25, 0.3) is 0 Å². The molecule has 0 heterocycles. The van der Waals surface area contributed by atoms with Crippen molar-refractivity contribution in [2.24, 2.45) is 11.8 Å². The molecule has 1 saturated carbocycles. The number of ether oxygens (including phenoxy) is 5. The Balaban J connectivity index is -0.000000174. The number of carbonyl (C=O) groups is 2. The molecule has 0 spiro atoms. The first kappa shape index (κ1) is 40.9. The van der Waals surface area contributed by atoms with Gasteiger partial charge in [-0.3, -0.25) is 9.59 Å². The molecule has 1 rings (SSSR count). The first-order valence-electron chi connectivity index (χ1n) is 13.2. The van der Waals surface area contributed by atoms with Crippen LogP contribution in [0.25, 0.3) is 0 Å². The fourth-order valence-electron chi connectivity index (χ4n) is 2.56. The van der Waals surface area contributed by atoms with E-state index < -0.39 is 0 Å². The van der Waals surface area contributed by atoms with Crippen LogP contribution >= 0.6 is 0 Å². The summed E-state index contributed by atoms with van der Waals surface area (Å²) < 4.78 is 23.4. The van der Waals surface area contributed by atoms with Crippen molar-refractivity contribution in [3.63, 3.8) is 0 Å². The maximum Gasteiger partial charge on any atom is 0.307 e. The summed E-state index contributed by atoms with van der Waals surface area (Å²) in [5.74, 6) is 1.03. The Labute approximate surface area is 217 Å². The minimum atomic E-state index is -0.230. The normalized spacial score (nSPS) is 16.0. The summed E-state index contributed by atoms with van der Waals surface area (Å²) >= 11 is 0. The first-order valence-corrected chi connectivity index (χ1v) is 13.2. The Morgan fingerprint density at radius 3 is 1.86 bits per heavy atom. The molecule has 1 aliphatic carbocycles. The van der Waals surface area contributed by atoms with Crippen LogP contribution in [0.2, 0.25) is 0 Å². The third-order valence-electron chi connectivity index (χ3n) is 4.71. The summed E-state index contributed by atoms with van der Waals surface area (Å²) in [6, 6.07) is 0. The smallest absolute Gasteiger partial charge is 0.307 e. The number of rotatable bonds is 12. The lowest BCUT2D eigenvalue weighted by molar-refractivity contribution is -0.153. The van der Waals surface area contributed by atoms with E-state index in [-0.39, 0.29) is 12.8 Å². The highest BCUT2D eigenvalue weighted by molar-refractivity contribution is 5.84. The van der Waals surface area contributed by atoms with Gasteiger partial charge in [0.1, 0.15) is 5.78 Å². The van der Waals surface area contributed by atoms with Crippen LogP contribution in [0.15, 0.2) is 12.2 Å². The molecule has 7 nitrogen and oxygen atoms in total. The summed E-state index contributed by atoms with van der Waals surface area (Å²) in [4.78, 5) is 21.4. The number of carbonyl (C=O) groups excluding carboxylic acids is 2. The van der Waals surface area contributed by atoms with Crippen LogP contribution in [0.4, 0.5) is 0 Å². The molecule has 0 aromatic heterocycles. The van der Waals surface area contributed by atoms with E-state index in [0.717, 1.165) is 52.1 Å². The number of hydrogen-bond donors (Lipinski definition) is 0. The van der Waals surface area contributed by atoms with Crippen molar-refractivity contribution < 1.29 is 33.3 Å². The molecule has 0 aromatic rings. The second-order valence-corrected chi connectivity index (χ2v) is 7.83. The second kappa shape index (κ2) is 37.3. The average Bonchev–Trinajstić information content (AvgIpc) is 3.20. The number of unbranched alkanes of at least 4 members (excludes halogenated alkanes) is 1. The molecular formula is C28H58O7. The van der Waals surface area contributed by atoms with Gasteiger partial charge in [0.15, 0.2) is 6.79 Å². The summed E-state index contributed by atoms with van der Waals surface area (Å²) in [6.07, 6.45) is 11.2. The van der Waals surface area contributed by atoms with Gasteiger partial charge in [0.2, 0.25) is 0 Å². The number of Topliss-reactive ketones (excluding diaryl/α,β-unsaturated/α-hetero) is 1. The lowest BCUT2D eigenvalue weighted by Crippen LogP contribution is -2.09. The molecule has 0 radical (unpaired) electrons. The van der Waals surface area contributed by atoms with E-state index in [4.69, 9.17) is 14.2 Å². The van der Waals surface area contributed by atoms with Crippen molar-refractivity contribution in [2.75, 3.05) is 54.5 Å². The molecule has 0 N–H and O–H groups in total. The number of ketones is 1. The van der Waals surface area contributed by atoms with Crippen LogP contribution in [-0.4, -0.2) is 66.3 Å². The van der Waals surface area contributed by atoms with Gasteiger partial charge in [-0.25, -0.2) is 0 Å². The van der Waals surface area contributed by atoms with Gasteiger partial charge >= 0.3 is 5.97 Å². The zero-order valence-electron chi connectivity index (χ0n) is 24.7. The zero-order chi connectivity index (χ0) is 27.7. The highest BCUT2D eigenvalue weighted by Gasteiger charge is 2.28. The van der Waals surface area contributed by atoms with E-state index >= 15 is 0 Å². The third kappa shape index (κ3) is 37.4. The summed E-state index contributed by atoms with van der Waals surface area (Å²) in [5.41, 5.74) is 0. The van der Waals surface area contributed by atoms with Gasteiger partial charge in [-0.15, -0.1) is 0 Å². The van der Waals surface area contributed by atoms with Crippen molar-refractivity contribution in [2.45, 2.75) is 93.4 Å². The van der Waals surface area contributed by atoms with Gasteiger partial charge in [-0.05, 0) is 46.0 Å². The number of methoxy groups -OCH3 is 3. The van der Waals surface area contributed by atoms with Crippen molar-refractivity contribution in [3.05, 3.63) is 12.2 Å². The maximum atomic E-state index is 11.1. The number of hydrogen-bond acceptors (Lipinski definition) is 7. The zero-order valence-corrected chi connectivity index (χ0v) is 24.7. The fraction of sp³-hybridized carbons (Fsp3) is 0.857. The Bertz CT molecular complexity index is 433. The van der Waals surface area contributed by atoms with Crippen LogP contribution in [0.1, 0.15) is 93.4 Å². The van der Waals surface area contributed by atoms with Gasteiger partial charge in [-0.2, -0.15) is 0 Å². The minimum Gasteiger partial charge on any atom is -0.438 e. The lowest BCUT2D eigenvalue weighted by atomic mass is 10.0. The van der Waals surface area contributed by atoms with Crippen molar-refractivity contribution in [1.82, 2.24) is 0 Å². The maximum absolute atomic E-state index is 11.1. The van der Waals surface area contributed by atoms with E-state index in [1.807, 2.05) is 32.9 Å². The molecule has 2 atom stereocenters. The quantitative estimate of drug-likeness (QED) is 0.127. The van der Waals surface area contributed by atoms with E-state index in [0.29, 0.717) is 24.0 Å². The Hall–Kier alpha value is -1.28. The Morgan fingerprint density at radius 1 is 0.943 bits per heavy atom. The van der Waals surface area contributed by atoms with Crippen LogP contribution in [0.3, 0.4) is 0 Å². The minimum absolute atomic E-state index is 0.0622. The molecule has 0 bridgehead atoms. The molecule has 0 amide bonds. The van der Waals surface area contributed by atoms with E-state index in [1.54, 1.807) is 21.1 Å². The van der Waals surface area contributed by atoms with Crippen LogP contribution in [0.5, 0.6) is 0 Å². The predicted molar refractivity (Wildman–Crippen MR) is 146 cm³/mol. The Morgan fingerprint density at radius 2 is 1.60 bits per heavy atom. The standard InChI is InChI=1S/C8H14O.C6H14O.C5H10O3.C5H10O.C4H10O/c1-3-7-5-4-6(2)8(7)9;1-3-5-6-7-4-2;1-3-5(6)8-4-7-2;1-3-4-5-6-2;1-3-4-5-2/h6-7H,3-5H2,1-2H3;3-6H2,1-2H3;3-4H2,1-2H3;3-4H,5H2,1-2H3;3-4H2,1-2H3/b;;;4-3+;. The van der Waals surface area contributed by atoms with Crippen molar-refractivity contribution >= 4 is 11.8 Å². The second-order valence-electron chi connectivity index (χ2n) is 7.83. The summed E-state index contributed by atoms with van der Waals surface area (Å²) in [5, 5.41) is 0. The van der Waals surface area contributed by atoms with Crippen LogP contribution < -0.4 is 0 Å². The highest BCUT2D eigenvalue weighted by atomic mass is 16.7. The molecule has 2 unspecified atom stereocenters. The van der Waals surface area contributed by atoms with Gasteiger partial charge in [0.05, 0.1) is 6.61 Å². The van der Waals surface area contributed by atoms with E-state index in [9.17, 15) is 9.59 Å². The summed E-state index contributed by atoms with van der Waals surface area (Å²) in [6.45, 7) is 17.6. The van der Waals surface area contributed by atoms with E-state index in [1.165, 1.54) is 20.0 Å². The van der Waals surface area contributed by atoms with E-state index in [2.05, 4.69) is 30.2 Å². The lowest BCUT2D eigenvalue weighted by Gasteiger charge is -2.01. The van der Waals surface area contributed by atoms with Crippen molar-refractivity contribution in [3.8, 4) is 0 Å². The Kier molecular flexibility index (Phi) is 43.5. The molecule has 0 saturated heterocycles. The molecule has 35 heavy (non-hydrogen) atoms. The topological polar surface area (TPSA) is 80.3 Å². The molecule has 1 fully saturated rings. The number of esters is 1. The first-order chi connectivity index (χ1) is 16.8. The molecular weight excluding hydrogens is 448 g/mol. The molecule has 0 aromatic carbocycles. The van der Waals surface area contributed by atoms with Crippen molar-refractivity contribution in [1.29, 1.82) is 0 Å². The van der Waals surface area contributed by atoms with Gasteiger partial charge in [-0.1, -0.05) is 53.2 Å². The average molecular weight is 507 g/mol. The van der Waals surface area contributed by atoms with Gasteiger partial charge < -0.3 is 23.7 Å². The van der Waals surface area contributed by atoms with Gasteiger partial charge in [0, 0.05) is 59.4 Å². The monoisotopic (exact) mass is 506 g/mol. The predicted octanol–water partition coefficient (Wildman–Crippen LogP) is 6.63. The molecule has 0 aliphatic heterocycles. The third-order valence-corrected chi connectivity index (χ3v) is 4.71. The van der Waals surface area contributed by atoms with Crippen LogP contribution in [-0.2, 0) is 33.3 Å².